The third-order valence-electron chi connectivity index (χ3n) is 5.38. The van der Waals surface area contributed by atoms with E-state index < -0.39 is 0 Å². The molecule has 0 bridgehead atoms. The van der Waals surface area contributed by atoms with Crippen molar-refractivity contribution in [1.82, 2.24) is 0 Å². The molecule has 1 saturated heterocycles. The molecule has 3 aromatic rings. The number of carbonyl (C=O) groups excluding carboxylic acids is 2. The molecule has 0 radical (unpaired) electrons. The number of hydrogen-bond acceptors (Lipinski definition) is 5. The van der Waals surface area contributed by atoms with E-state index in [0.717, 1.165) is 38.1 Å². The average Bonchev–Trinajstić information content (AvgIpc) is 3.07. The number of nitrogens with one attached hydrogen (secondary N) is 1. The van der Waals surface area contributed by atoms with Crippen molar-refractivity contribution in [3.05, 3.63) is 92.3 Å². The molecule has 0 saturated carbocycles. The van der Waals surface area contributed by atoms with Crippen molar-refractivity contribution in [2.45, 2.75) is 20.8 Å². The van der Waals surface area contributed by atoms with Gasteiger partial charge in [-0.1, -0.05) is 69.7 Å². The molecule has 0 atom stereocenters. The quantitative estimate of drug-likeness (QED) is 0.262. The van der Waals surface area contributed by atoms with E-state index in [1.54, 1.807) is 23.1 Å². The summed E-state index contributed by atoms with van der Waals surface area (Å²) in [5.74, 6) is 0.129. The Balaban J connectivity index is 1.44. The number of halogens is 1. The van der Waals surface area contributed by atoms with Gasteiger partial charge in [-0.2, -0.15) is 0 Å². The summed E-state index contributed by atoms with van der Waals surface area (Å²) in [6.07, 6.45) is 1.79. The highest BCUT2D eigenvalue weighted by atomic mass is 79.9. The Labute approximate surface area is 222 Å². The number of thioether (sulfide) groups is 1. The Morgan fingerprint density at radius 2 is 1.89 bits per heavy atom. The summed E-state index contributed by atoms with van der Waals surface area (Å²) >= 11 is 10.2. The topological polar surface area (TPSA) is 58.6 Å². The van der Waals surface area contributed by atoms with Gasteiger partial charge in [0.2, 0.25) is 0 Å². The summed E-state index contributed by atoms with van der Waals surface area (Å²) in [5.41, 5.74) is 5.40. The zero-order chi connectivity index (χ0) is 25.1. The van der Waals surface area contributed by atoms with Crippen LogP contribution >= 0.6 is 39.9 Å². The average molecular weight is 568 g/mol. The third-order valence-corrected chi connectivity index (χ3v) is 7.17. The fourth-order valence-electron chi connectivity index (χ4n) is 3.68. The maximum atomic E-state index is 13.1. The molecule has 0 aromatic heterocycles. The predicted octanol–water partition coefficient (Wildman–Crippen LogP) is 6.80. The van der Waals surface area contributed by atoms with Gasteiger partial charge in [0.25, 0.3) is 11.8 Å². The minimum atomic E-state index is -0.254. The highest BCUT2D eigenvalue weighted by Gasteiger charge is 2.34. The van der Waals surface area contributed by atoms with Crippen molar-refractivity contribution < 1.29 is 14.3 Å². The van der Waals surface area contributed by atoms with Crippen LogP contribution in [0.2, 0.25) is 0 Å². The van der Waals surface area contributed by atoms with Crippen LogP contribution in [0.1, 0.15) is 22.3 Å². The largest absolute Gasteiger partial charge is 0.484 e. The Bertz CT molecular complexity index is 1370. The minimum Gasteiger partial charge on any atom is -0.484 e. The van der Waals surface area contributed by atoms with Crippen LogP contribution in [0, 0.1) is 20.8 Å². The molecular formula is C27H23BrN2O3S2. The second-order valence-electron chi connectivity index (χ2n) is 8.18. The van der Waals surface area contributed by atoms with Gasteiger partial charge in [-0.05, 0) is 79.9 Å². The normalized spacial score (nSPS) is 14.5. The second kappa shape index (κ2) is 10.8. The molecule has 1 aliphatic rings. The van der Waals surface area contributed by atoms with Gasteiger partial charge < -0.3 is 10.1 Å². The van der Waals surface area contributed by atoms with Gasteiger partial charge in [0, 0.05) is 10.2 Å². The number of nitrogens with zero attached hydrogens (tertiary/aromatic N) is 1. The summed E-state index contributed by atoms with van der Waals surface area (Å²) in [6, 6.07) is 18.8. The van der Waals surface area contributed by atoms with Gasteiger partial charge >= 0.3 is 0 Å². The maximum Gasteiger partial charge on any atom is 0.270 e. The van der Waals surface area contributed by atoms with Crippen molar-refractivity contribution >= 4 is 73.5 Å². The van der Waals surface area contributed by atoms with E-state index in [1.165, 1.54) is 11.8 Å². The van der Waals surface area contributed by atoms with Crippen LogP contribution in [-0.4, -0.2) is 22.7 Å². The highest BCUT2D eigenvalue weighted by Crippen LogP contribution is 2.37. The summed E-state index contributed by atoms with van der Waals surface area (Å²) in [7, 11) is 0. The van der Waals surface area contributed by atoms with Gasteiger partial charge in [-0.3, -0.25) is 14.5 Å². The fraction of sp³-hybridized carbons (Fsp3) is 0.148. The zero-order valence-electron chi connectivity index (χ0n) is 19.4. The van der Waals surface area contributed by atoms with Crippen LogP contribution in [0.5, 0.6) is 5.75 Å². The van der Waals surface area contributed by atoms with Gasteiger partial charge in [0.15, 0.2) is 10.9 Å². The van der Waals surface area contributed by atoms with Crippen LogP contribution in [-0.2, 0) is 9.59 Å². The molecule has 5 nitrogen and oxygen atoms in total. The first-order chi connectivity index (χ1) is 16.7. The van der Waals surface area contributed by atoms with E-state index in [-0.39, 0.29) is 18.4 Å². The minimum absolute atomic E-state index is 0.131. The van der Waals surface area contributed by atoms with Gasteiger partial charge in [-0.25, -0.2) is 0 Å². The number of rotatable bonds is 6. The molecule has 178 valence electrons. The molecule has 0 unspecified atom stereocenters. The monoisotopic (exact) mass is 566 g/mol. The fourth-order valence-corrected chi connectivity index (χ4v) is 5.44. The van der Waals surface area contributed by atoms with Crippen molar-refractivity contribution in [3.63, 3.8) is 0 Å². The Morgan fingerprint density at radius 1 is 1.09 bits per heavy atom. The van der Waals surface area contributed by atoms with Crippen LogP contribution < -0.4 is 15.0 Å². The highest BCUT2D eigenvalue weighted by molar-refractivity contribution is 9.10. The summed E-state index contributed by atoms with van der Waals surface area (Å²) in [5, 5.41) is 2.86. The Hall–Kier alpha value is -2.94. The molecule has 2 amide bonds. The number of benzene rings is 3. The lowest BCUT2D eigenvalue weighted by molar-refractivity contribution is -0.118. The summed E-state index contributed by atoms with van der Waals surface area (Å²) in [4.78, 5) is 27.6. The molecular weight excluding hydrogens is 544 g/mol. The second-order valence-corrected chi connectivity index (χ2v) is 10.8. The van der Waals surface area contributed by atoms with E-state index in [2.05, 4.69) is 21.2 Å². The maximum absolute atomic E-state index is 13.1. The van der Waals surface area contributed by atoms with E-state index in [0.29, 0.717) is 15.0 Å². The van der Waals surface area contributed by atoms with Crippen LogP contribution in [0.3, 0.4) is 0 Å². The summed E-state index contributed by atoms with van der Waals surface area (Å²) < 4.78 is 7.15. The number of thiocarbonyl (C=S) groups is 1. The van der Waals surface area contributed by atoms with Crippen molar-refractivity contribution in [1.29, 1.82) is 0 Å². The molecule has 1 aliphatic heterocycles. The number of ether oxygens (including phenoxy) is 1. The Kier molecular flexibility index (Phi) is 7.74. The lowest BCUT2D eigenvalue weighted by Crippen LogP contribution is -2.28. The number of carbonyl (C=O) groups is 2. The van der Waals surface area contributed by atoms with E-state index in [1.807, 2.05) is 69.3 Å². The number of amides is 2. The lowest BCUT2D eigenvalue weighted by atomic mass is 10.1. The molecule has 8 heteroatoms. The first-order valence-corrected chi connectivity index (χ1v) is 12.9. The van der Waals surface area contributed by atoms with Crippen LogP contribution in [0.4, 0.5) is 11.4 Å². The van der Waals surface area contributed by atoms with E-state index >= 15 is 0 Å². The van der Waals surface area contributed by atoms with E-state index in [9.17, 15) is 9.59 Å². The van der Waals surface area contributed by atoms with Crippen molar-refractivity contribution in [2.24, 2.45) is 0 Å². The lowest BCUT2D eigenvalue weighted by Gasteiger charge is -2.17. The number of hydrogen-bond donors (Lipinski definition) is 1. The molecule has 1 heterocycles. The van der Waals surface area contributed by atoms with Crippen molar-refractivity contribution in [2.75, 3.05) is 16.8 Å². The molecule has 1 fully saturated rings. The van der Waals surface area contributed by atoms with Crippen molar-refractivity contribution in [3.8, 4) is 5.75 Å². The molecule has 0 aliphatic carbocycles. The van der Waals surface area contributed by atoms with E-state index in [4.69, 9.17) is 17.0 Å². The van der Waals surface area contributed by atoms with Crippen LogP contribution in [0.15, 0.2) is 70.0 Å². The molecule has 1 N–H and O–H groups in total. The molecule has 3 aromatic carbocycles. The van der Waals surface area contributed by atoms with Gasteiger partial charge in [-0.15, -0.1) is 0 Å². The standard InChI is InChI=1S/C27H23BrN2O3S2/c1-16-7-10-23(18(3)11-16)30-26(32)24(35-27(30)34)14-19-5-4-6-21(13-19)33-15-25(31)29-22-9-8-20(28)12-17(22)2/h4-14H,15H2,1-3H3,(H,29,31)/b24-14-. The van der Waals surface area contributed by atoms with Gasteiger partial charge in [0.05, 0.1) is 10.6 Å². The molecule has 0 spiro atoms. The first-order valence-electron chi connectivity index (χ1n) is 10.9. The SMILES string of the molecule is Cc1ccc(N2C(=O)/C(=C/c3cccc(OCC(=O)Nc4ccc(Br)cc4C)c3)SC2=S)c(C)c1. The predicted molar refractivity (Wildman–Crippen MR) is 151 cm³/mol. The number of aryl methyl sites for hydroxylation is 3. The Morgan fingerprint density at radius 3 is 2.63 bits per heavy atom. The third kappa shape index (κ3) is 6.01. The molecule has 35 heavy (non-hydrogen) atoms. The molecule has 4 rings (SSSR count). The van der Waals surface area contributed by atoms with Crippen LogP contribution in [0.25, 0.3) is 6.08 Å². The smallest absolute Gasteiger partial charge is 0.270 e. The zero-order valence-corrected chi connectivity index (χ0v) is 22.6. The summed E-state index contributed by atoms with van der Waals surface area (Å²) in [6.45, 7) is 5.78. The van der Waals surface area contributed by atoms with Gasteiger partial charge in [0.1, 0.15) is 5.75 Å². The first kappa shape index (κ1) is 25.2. The number of anilines is 2.